The molecule has 9 heteroatoms. The van der Waals surface area contributed by atoms with Crippen molar-refractivity contribution in [2.75, 3.05) is 0 Å². The number of imide groups is 1. The molecule has 0 aromatic heterocycles. The van der Waals surface area contributed by atoms with Crippen LogP contribution in [-0.4, -0.2) is 34.6 Å². The molecule has 1 saturated heterocycles. The second-order valence-corrected chi connectivity index (χ2v) is 10.3. The number of rotatable bonds is 4. The molecule has 2 aromatic rings. The number of nitrogens with one attached hydrogen (secondary N) is 1. The zero-order valence-corrected chi connectivity index (χ0v) is 19.2. The molecule has 4 aliphatic rings. The monoisotopic (exact) mass is 491 g/mol. The lowest BCUT2D eigenvalue weighted by Gasteiger charge is -2.55. The number of halogens is 2. The van der Waals surface area contributed by atoms with Crippen molar-refractivity contribution in [1.29, 1.82) is 0 Å². The Balaban J connectivity index is 1.30. The number of amides is 4. The fourth-order valence-corrected chi connectivity index (χ4v) is 6.41. The van der Waals surface area contributed by atoms with Gasteiger partial charge in [0.25, 0.3) is 5.91 Å². The minimum Gasteiger partial charge on any atom is -0.366 e. The first kappa shape index (κ1) is 22.6. The summed E-state index contributed by atoms with van der Waals surface area (Å²) in [6.07, 6.45) is 4.66. The molecular formula is C27H23F2N3O4. The fraction of sp³-hybridized carbons (Fsp3) is 0.333. The van der Waals surface area contributed by atoms with Crippen LogP contribution in [0.15, 0.2) is 42.5 Å². The van der Waals surface area contributed by atoms with Crippen molar-refractivity contribution in [1.82, 2.24) is 10.2 Å². The molecule has 36 heavy (non-hydrogen) atoms. The van der Waals surface area contributed by atoms with Gasteiger partial charge >= 0.3 is 0 Å². The van der Waals surface area contributed by atoms with Crippen molar-refractivity contribution in [2.45, 2.75) is 44.2 Å². The smallest absolute Gasteiger partial charge is 0.255 e. The average molecular weight is 491 g/mol. The molecule has 4 amide bonds. The molecule has 2 aliphatic heterocycles. The number of hydrogen-bond donors (Lipinski definition) is 2. The van der Waals surface area contributed by atoms with E-state index in [1.807, 2.05) is 0 Å². The quantitative estimate of drug-likeness (QED) is 0.640. The highest BCUT2D eigenvalue weighted by atomic mass is 19.2. The molecule has 6 rings (SSSR count). The Morgan fingerprint density at radius 3 is 2.47 bits per heavy atom. The van der Waals surface area contributed by atoms with Crippen LogP contribution in [0.2, 0.25) is 0 Å². The van der Waals surface area contributed by atoms with Gasteiger partial charge in [0.15, 0.2) is 11.6 Å². The minimum atomic E-state index is -0.884. The lowest BCUT2D eigenvalue weighted by molar-refractivity contribution is -0.138. The van der Waals surface area contributed by atoms with Gasteiger partial charge in [0.05, 0.1) is 6.04 Å². The van der Waals surface area contributed by atoms with Gasteiger partial charge in [-0.3, -0.25) is 24.5 Å². The third kappa shape index (κ3) is 3.37. The summed E-state index contributed by atoms with van der Waals surface area (Å²) in [4.78, 5) is 51.3. The van der Waals surface area contributed by atoms with E-state index in [-0.39, 0.29) is 41.6 Å². The number of benzene rings is 2. The van der Waals surface area contributed by atoms with E-state index >= 15 is 0 Å². The van der Waals surface area contributed by atoms with Gasteiger partial charge in [0, 0.05) is 17.5 Å². The zero-order chi connectivity index (χ0) is 25.4. The summed E-state index contributed by atoms with van der Waals surface area (Å²) < 4.78 is 27.0. The van der Waals surface area contributed by atoms with Crippen molar-refractivity contribution < 1.29 is 28.0 Å². The molecule has 1 spiro atoms. The molecular weight excluding hydrogens is 468 g/mol. The summed E-state index contributed by atoms with van der Waals surface area (Å²) in [6.45, 7) is 0. The number of allylic oxidation sites excluding steroid dienone is 2. The van der Waals surface area contributed by atoms with Crippen LogP contribution in [0.1, 0.15) is 70.0 Å². The van der Waals surface area contributed by atoms with Crippen LogP contribution < -0.4 is 11.1 Å². The minimum absolute atomic E-state index is 0.0199. The molecule has 0 radical (unpaired) electrons. The average Bonchev–Trinajstić information content (AvgIpc) is 3.06. The summed E-state index contributed by atoms with van der Waals surface area (Å²) in [7, 11) is 0. The van der Waals surface area contributed by atoms with Gasteiger partial charge in [-0.1, -0.05) is 12.1 Å². The Kier molecular flexibility index (Phi) is 4.90. The standard InChI is InChI=1S/C27H23F2N3O4/c28-19-4-2-13(8-20(19)29)15-9-27(10-15)11-16(12-27)23-18-7-14(24(30)34)1-3-17(18)26(36)32(23)21-5-6-22(33)31-25(21)35/h1-4,7-9,16,21,23H,5-6,10-12H2,(H2,30,34)(H,31,33,35). The van der Waals surface area contributed by atoms with Crippen LogP contribution in [0, 0.1) is 23.0 Å². The normalized spacial score (nSPS) is 28.8. The molecule has 7 nitrogen and oxygen atoms in total. The topological polar surface area (TPSA) is 110 Å². The fourth-order valence-electron chi connectivity index (χ4n) is 6.41. The van der Waals surface area contributed by atoms with E-state index in [0.717, 1.165) is 24.5 Å². The SMILES string of the molecule is NC(=O)c1ccc2c(c1)C(C1CC3(C=C(c4ccc(F)c(F)c4)C3)C1)N(C1CCC(=O)NC1=O)C2=O. The van der Waals surface area contributed by atoms with Crippen molar-refractivity contribution in [3.8, 4) is 0 Å². The third-order valence-corrected chi connectivity index (χ3v) is 8.06. The van der Waals surface area contributed by atoms with Crippen LogP contribution >= 0.6 is 0 Å². The molecule has 2 aromatic carbocycles. The van der Waals surface area contributed by atoms with E-state index in [2.05, 4.69) is 11.4 Å². The van der Waals surface area contributed by atoms with E-state index < -0.39 is 35.5 Å². The molecule has 2 atom stereocenters. The molecule has 2 heterocycles. The molecule has 184 valence electrons. The number of piperidine rings is 1. The van der Waals surface area contributed by atoms with Gasteiger partial charge in [-0.2, -0.15) is 0 Å². The van der Waals surface area contributed by atoms with Crippen molar-refractivity contribution in [3.05, 3.63) is 76.4 Å². The number of fused-ring (bicyclic) bond motifs is 1. The summed E-state index contributed by atoms with van der Waals surface area (Å²) in [5, 5.41) is 2.34. The van der Waals surface area contributed by atoms with Gasteiger partial charge < -0.3 is 10.6 Å². The molecule has 1 saturated carbocycles. The molecule has 2 fully saturated rings. The molecule has 0 bridgehead atoms. The van der Waals surface area contributed by atoms with Crippen LogP contribution in [0.4, 0.5) is 8.78 Å². The first-order valence-corrected chi connectivity index (χ1v) is 11.9. The van der Waals surface area contributed by atoms with Crippen LogP contribution in [0.3, 0.4) is 0 Å². The summed E-state index contributed by atoms with van der Waals surface area (Å²) >= 11 is 0. The zero-order valence-electron chi connectivity index (χ0n) is 19.2. The van der Waals surface area contributed by atoms with Crippen molar-refractivity contribution >= 4 is 29.2 Å². The highest BCUT2D eigenvalue weighted by Gasteiger charge is 2.56. The number of primary amides is 1. The van der Waals surface area contributed by atoms with Crippen molar-refractivity contribution in [3.63, 3.8) is 0 Å². The lowest BCUT2D eigenvalue weighted by atomic mass is 9.51. The van der Waals surface area contributed by atoms with Crippen LogP contribution in [-0.2, 0) is 9.59 Å². The first-order valence-electron chi connectivity index (χ1n) is 11.9. The number of nitrogens with two attached hydrogens (primary N) is 1. The Hall–Kier alpha value is -3.88. The van der Waals surface area contributed by atoms with E-state index in [1.165, 1.54) is 12.1 Å². The van der Waals surface area contributed by atoms with Gasteiger partial charge in [0.1, 0.15) is 6.04 Å². The largest absolute Gasteiger partial charge is 0.366 e. The predicted molar refractivity (Wildman–Crippen MR) is 124 cm³/mol. The van der Waals surface area contributed by atoms with E-state index in [4.69, 9.17) is 5.73 Å². The highest BCUT2D eigenvalue weighted by molar-refractivity contribution is 6.06. The second kappa shape index (κ2) is 7.81. The summed E-state index contributed by atoms with van der Waals surface area (Å²) in [5.74, 6) is -3.51. The summed E-state index contributed by atoms with van der Waals surface area (Å²) in [5.41, 5.74) is 8.39. The Labute approximate surface area is 205 Å². The van der Waals surface area contributed by atoms with E-state index in [0.29, 0.717) is 23.1 Å². The molecule has 2 aliphatic carbocycles. The first-order chi connectivity index (χ1) is 17.2. The van der Waals surface area contributed by atoms with Gasteiger partial charge in [-0.25, -0.2) is 8.78 Å². The van der Waals surface area contributed by atoms with Gasteiger partial charge in [-0.15, -0.1) is 0 Å². The number of hydrogen-bond acceptors (Lipinski definition) is 4. The molecule has 2 unspecified atom stereocenters. The number of carbonyl (C=O) groups excluding carboxylic acids is 4. The van der Waals surface area contributed by atoms with Crippen LogP contribution in [0.5, 0.6) is 0 Å². The van der Waals surface area contributed by atoms with Crippen molar-refractivity contribution in [2.24, 2.45) is 17.1 Å². The number of carbonyl (C=O) groups is 4. The maximum absolute atomic E-state index is 13.7. The Morgan fingerprint density at radius 1 is 1.06 bits per heavy atom. The Morgan fingerprint density at radius 2 is 1.81 bits per heavy atom. The lowest BCUT2D eigenvalue weighted by Crippen LogP contribution is -2.56. The van der Waals surface area contributed by atoms with E-state index in [9.17, 15) is 28.0 Å². The highest BCUT2D eigenvalue weighted by Crippen LogP contribution is 2.64. The maximum atomic E-state index is 13.7. The Bertz CT molecular complexity index is 1400. The third-order valence-electron chi connectivity index (χ3n) is 8.06. The van der Waals surface area contributed by atoms with Crippen LogP contribution in [0.25, 0.3) is 5.57 Å². The van der Waals surface area contributed by atoms with Gasteiger partial charge in [-0.05, 0) is 84.0 Å². The van der Waals surface area contributed by atoms with E-state index in [1.54, 1.807) is 23.1 Å². The summed E-state index contributed by atoms with van der Waals surface area (Å²) in [6, 6.07) is 7.40. The van der Waals surface area contributed by atoms with Gasteiger partial charge in [0.2, 0.25) is 17.7 Å². The number of nitrogens with zero attached hydrogens (tertiary/aromatic N) is 1. The molecule has 3 N–H and O–H groups in total. The maximum Gasteiger partial charge on any atom is 0.255 e. The predicted octanol–water partition coefficient (Wildman–Crippen LogP) is 3.25. The second-order valence-electron chi connectivity index (χ2n) is 10.3.